The second-order valence-electron chi connectivity index (χ2n) is 3.86. The molecule has 1 aromatic rings. The van der Waals surface area contributed by atoms with Gasteiger partial charge in [-0.25, -0.2) is 8.42 Å². The van der Waals surface area contributed by atoms with Crippen molar-refractivity contribution in [3.8, 4) is 0 Å². The van der Waals surface area contributed by atoms with Gasteiger partial charge in [-0.3, -0.25) is 9.52 Å². The summed E-state index contributed by atoms with van der Waals surface area (Å²) in [4.78, 5) is 11.4. The lowest BCUT2D eigenvalue weighted by Crippen LogP contribution is -2.21. The number of nitrogens with zero attached hydrogens (tertiary/aromatic N) is 1. The molecule has 0 saturated carbocycles. The first kappa shape index (κ1) is 15.0. The highest BCUT2D eigenvalue weighted by Crippen LogP contribution is 2.08. The second kappa shape index (κ2) is 6.80. The van der Waals surface area contributed by atoms with Crippen LogP contribution in [0.3, 0.4) is 0 Å². The smallest absolute Gasteiger partial charge is 0.250 e. The Morgan fingerprint density at radius 3 is 2.67 bits per heavy atom. The molecule has 0 aliphatic rings. The van der Waals surface area contributed by atoms with Gasteiger partial charge in [0.1, 0.15) is 0 Å². The van der Waals surface area contributed by atoms with Gasteiger partial charge >= 0.3 is 0 Å². The maximum absolute atomic E-state index is 11.7. The number of aromatic nitrogens is 1. The summed E-state index contributed by atoms with van der Waals surface area (Å²) in [6.07, 6.45) is 2.69. The van der Waals surface area contributed by atoms with Gasteiger partial charge in [-0.2, -0.15) is 0 Å². The van der Waals surface area contributed by atoms with E-state index in [-0.39, 0.29) is 11.3 Å². The minimum absolute atomic E-state index is 0.0327. The van der Waals surface area contributed by atoms with Crippen LogP contribution in [0.2, 0.25) is 0 Å². The Kier molecular flexibility index (Phi) is 5.68. The Morgan fingerprint density at radius 2 is 2.06 bits per heavy atom. The van der Waals surface area contributed by atoms with E-state index in [1.807, 2.05) is 6.92 Å². The lowest BCUT2D eigenvalue weighted by Gasteiger charge is -2.09. The lowest BCUT2D eigenvalue weighted by molar-refractivity contribution is 0.598. The zero-order chi connectivity index (χ0) is 13.6. The molecule has 18 heavy (non-hydrogen) atoms. The zero-order valence-electron chi connectivity index (χ0n) is 10.2. The van der Waals surface area contributed by atoms with Gasteiger partial charge in [0, 0.05) is 24.7 Å². The molecule has 0 spiro atoms. The Labute approximate surface area is 112 Å². The van der Waals surface area contributed by atoms with Gasteiger partial charge in [0.25, 0.3) is 5.56 Å². The van der Waals surface area contributed by atoms with Crippen LogP contribution in [0.25, 0.3) is 0 Å². The molecule has 0 radical (unpaired) electrons. The molecule has 1 rings (SSSR count). The first-order chi connectivity index (χ1) is 8.48. The number of aryl methyl sites for hydroxylation is 1. The fourth-order valence-corrected chi connectivity index (χ4v) is 2.81. The number of hydrogen-bond donors (Lipinski definition) is 1. The van der Waals surface area contributed by atoms with E-state index in [1.54, 1.807) is 0 Å². The van der Waals surface area contributed by atoms with Crippen molar-refractivity contribution in [3.63, 3.8) is 0 Å². The van der Waals surface area contributed by atoms with Gasteiger partial charge in [-0.1, -0.05) is 0 Å². The van der Waals surface area contributed by atoms with Crippen molar-refractivity contribution < 1.29 is 8.42 Å². The molecule has 7 heteroatoms. The van der Waals surface area contributed by atoms with Crippen molar-refractivity contribution in [3.05, 3.63) is 28.7 Å². The molecule has 1 aromatic heterocycles. The van der Waals surface area contributed by atoms with Crippen LogP contribution in [0, 0.1) is 0 Å². The van der Waals surface area contributed by atoms with Crippen molar-refractivity contribution in [2.45, 2.75) is 26.3 Å². The summed E-state index contributed by atoms with van der Waals surface area (Å²) >= 11 is 5.49. The molecule has 0 aliphatic heterocycles. The van der Waals surface area contributed by atoms with Crippen molar-refractivity contribution in [2.75, 3.05) is 16.4 Å². The van der Waals surface area contributed by atoms with Crippen LogP contribution in [0.4, 0.5) is 5.69 Å². The van der Waals surface area contributed by atoms with Gasteiger partial charge in [-0.15, -0.1) is 11.6 Å². The molecule has 1 N–H and O–H groups in total. The van der Waals surface area contributed by atoms with Gasteiger partial charge in [0.05, 0.1) is 11.4 Å². The maximum Gasteiger partial charge on any atom is 0.250 e. The summed E-state index contributed by atoms with van der Waals surface area (Å²) in [6, 6.07) is 2.81. The van der Waals surface area contributed by atoms with Crippen molar-refractivity contribution >= 4 is 27.3 Å². The van der Waals surface area contributed by atoms with E-state index in [0.29, 0.717) is 31.0 Å². The molecule has 0 aliphatic carbocycles. The van der Waals surface area contributed by atoms with E-state index in [0.717, 1.165) is 0 Å². The molecular weight excluding hydrogens is 276 g/mol. The van der Waals surface area contributed by atoms with Gasteiger partial charge in [0.15, 0.2) is 0 Å². The number of halogens is 1. The Morgan fingerprint density at radius 1 is 1.33 bits per heavy atom. The largest absolute Gasteiger partial charge is 0.314 e. The summed E-state index contributed by atoms with van der Waals surface area (Å²) in [7, 11) is -3.37. The molecule has 0 bridgehead atoms. The van der Waals surface area contributed by atoms with Crippen molar-refractivity contribution in [2.24, 2.45) is 0 Å². The van der Waals surface area contributed by atoms with Crippen LogP contribution in [-0.2, 0) is 16.6 Å². The summed E-state index contributed by atoms with van der Waals surface area (Å²) in [5, 5.41) is 0. The van der Waals surface area contributed by atoms with E-state index in [4.69, 9.17) is 11.6 Å². The summed E-state index contributed by atoms with van der Waals surface area (Å²) in [5.74, 6) is 0.487. The van der Waals surface area contributed by atoms with E-state index in [9.17, 15) is 13.2 Å². The summed E-state index contributed by atoms with van der Waals surface area (Å²) in [6.45, 7) is 2.32. The molecule has 5 nitrogen and oxygen atoms in total. The molecule has 0 fully saturated rings. The summed E-state index contributed by atoms with van der Waals surface area (Å²) in [5.41, 5.74) is 0.255. The Hall–Kier alpha value is -1.01. The van der Waals surface area contributed by atoms with E-state index in [1.165, 1.54) is 22.9 Å². The molecular formula is C11H17ClN2O3S. The molecule has 0 atom stereocenters. The predicted molar refractivity (Wildman–Crippen MR) is 73.7 cm³/mol. The normalized spacial score (nSPS) is 11.4. The molecule has 0 saturated heterocycles. The highest BCUT2D eigenvalue weighted by molar-refractivity contribution is 7.92. The van der Waals surface area contributed by atoms with Crippen molar-refractivity contribution in [1.29, 1.82) is 0 Å². The Balaban J connectivity index is 2.75. The molecule has 1 heterocycles. The highest BCUT2D eigenvalue weighted by Gasteiger charge is 2.10. The third kappa shape index (κ3) is 4.70. The van der Waals surface area contributed by atoms with E-state index < -0.39 is 10.0 Å². The third-order valence-corrected chi connectivity index (χ3v) is 4.03. The average Bonchev–Trinajstić information content (AvgIpc) is 2.31. The number of nitrogens with one attached hydrogen (secondary N) is 1. The number of pyridine rings is 1. The first-order valence-electron chi connectivity index (χ1n) is 5.75. The molecule has 102 valence electrons. The van der Waals surface area contributed by atoms with Crippen LogP contribution in [0.15, 0.2) is 23.1 Å². The zero-order valence-corrected chi connectivity index (χ0v) is 11.8. The first-order valence-corrected chi connectivity index (χ1v) is 7.94. The quantitative estimate of drug-likeness (QED) is 0.613. The molecule has 0 aromatic carbocycles. The highest BCUT2D eigenvalue weighted by atomic mass is 35.5. The SMILES string of the molecule is CCn1cc(NS(=O)(=O)CCCCCl)ccc1=O. The van der Waals surface area contributed by atoms with Gasteiger partial charge < -0.3 is 4.57 Å². The number of alkyl halides is 1. The fraction of sp³-hybridized carbons (Fsp3) is 0.545. The van der Waals surface area contributed by atoms with E-state index in [2.05, 4.69) is 4.72 Å². The second-order valence-corrected chi connectivity index (χ2v) is 6.08. The average molecular weight is 293 g/mol. The number of rotatable bonds is 7. The predicted octanol–water partition coefficient (Wildman–Crippen LogP) is 1.63. The van der Waals surface area contributed by atoms with Gasteiger partial charge in [0.2, 0.25) is 10.0 Å². The van der Waals surface area contributed by atoms with Crippen LogP contribution < -0.4 is 10.3 Å². The summed E-state index contributed by atoms with van der Waals surface area (Å²) < 4.78 is 27.3. The lowest BCUT2D eigenvalue weighted by atomic mass is 10.4. The number of anilines is 1. The van der Waals surface area contributed by atoms with Crippen LogP contribution in [0.1, 0.15) is 19.8 Å². The van der Waals surface area contributed by atoms with Crippen molar-refractivity contribution in [1.82, 2.24) is 4.57 Å². The van der Waals surface area contributed by atoms with Crippen LogP contribution >= 0.6 is 11.6 Å². The minimum atomic E-state index is -3.37. The number of sulfonamides is 1. The number of hydrogen-bond acceptors (Lipinski definition) is 3. The van der Waals surface area contributed by atoms with E-state index >= 15 is 0 Å². The fourth-order valence-electron chi connectivity index (χ4n) is 1.46. The minimum Gasteiger partial charge on any atom is -0.314 e. The van der Waals surface area contributed by atoms with Crippen LogP contribution in [-0.4, -0.2) is 24.6 Å². The van der Waals surface area contributed by atoms with Gasteiger partial charge in [-0.05, 0) is 25.8 Å². The number of unbranched alkanes of at least 4 members (excludes halogenated alkanes) is 1. The maximum atomic E-state index is 11.7. The monoisotopic (exact) mass is 292 g/mol. The Bertz CT molecular complexity index is 539. The standard InChI is InChI=1S/C11H17ClN2O3S/c1-2-14-9-10(5-6-11(14)15)13-18(16,17)8-4-3-7-12/h5-6,9,13H,2-4,7-8H2,1H3. The topological polar surface area (TPSA) is 68.2 Å². The molecule has 0 amide bonds. The molecule has 0 unspecified atom stereocenters. The van der Waals surface area contributed by atoms with Crippen LogP contribution in [0.5, 0.6) is 0 Å². The third-order valence-electron chi connectivity index (χ3n) is 2.39.